The molecule has 0 saturated carbocycles. The Balaban J connectivity index is 2.03. The van der Waals surface area contributed by atoms with Crippen LogP contribution in [-0.2, 0) is 19.3 Å². The molecule has 100 valence electrons. The van der Waals surface area contributed by atoms with Gasteiger partial charge in [-0.3, -0.25) is 0 Å². The summed E-state index contributed by atoms with van der Waals surface area (Å²) in [5.74, 6) is 0.754. The van der Waals surface area contributed by atoms with Crippen LogP contribution in [0.25, 0.3) is 0 Å². The molecule has 0 aliphatic heterocycles. The van der Waals surface area contributed by atoms with Gasteiger partial charge < -0.3 is 5.32 Å². The molecule has 18 heavy (non-hydrogen) atoms. The molecule has 0 spiro atoms. The fourth-order valence-corrected chi connectivity index (χ4v) is 3.22. The lowest BCUT2D eigenvalue weighted by atomic mass is 9.89. The minimum Gasteiger partial charge on any atom is -0.314 e. The van der Waals surface area contributed by atoms with Crippen molar-refractivity contribution in [3.05, 3.63) is 34.9 Å². The van der Waals surface area contributed by atoms with Gasteiger partial charge in [0.15, 0.2) is 0 Å². The van der Waals surface area contributed by atoms with Gasteiger partial charge in [0.1, 0.15) is 0 Å². The topological polar surface area (TPSA) is 12.0 Å². The third-order valence-electron chi connectivity index (χ3n) is 4.42. The Morgan fingerprint density at radius 1 is 1.17 bits per heavy atom. The molecule has 1 nitrogen and oxygen atoms in total. The zero-order valence-electron chi connectivity index (χ0n) is 12.1. The second kappa shape index (κ2) is 6.38. The van der Waals surface area contributed by atoms with Gasteiger partial charge in [0.2, 0.25) is 0 Å². The van der Waals surface area contributed by atoms with Gasteiger partial charge in [-0.2, -0.15) is 0 Å². The largest absolute Gasteiger partial charge is 0.314 e. The lowest BCUT2D eigenvalue weighted by molar-refractivity contribution is 0.368. The summed E-state index contributed by atoms with van der Waals surface area (Å²) >= 11 is 0. The Kier molecular flexibility index (Phi) is 4.82. The molecular formula is C17H27N. The van der Waals surface area contributed by atoms with Crippen LogP contribution in [0.3, 0.4) is 0 Å². The molecule has 0 saturated heterocycles. The molecule has 0 radical (unpaired) electrons. The fraction of sp³-hybridized carbons (Fsp3) is 0.647. The molecule has 1 aromatic rings. The van der Waals surface area contributed by atoms with Crippen molar-refractivity contribution < 1.29 is 0 Å². The maximum Gasteiger partial charge on any atom is 0.00699 e. The second-order valence-corrected chi connectivity index (χ2v) is 5.68. The Morgan fingerprint density at radius 2 is 1.94 bits per heavy atom. The molecule has 0 aromatic heterocycles. The first kappa shape index (κ1) is 13.6. The minimum atomic E-state index is 0.619. The van der Waals surface area contributed by atoms with Crippen LogP contribution < -0.4 is 5.32 Å². The summed E-state index contributed by atoms with van der Waals surface area (Å²) in [5, 5.41) is 3.57. The summed E-state index contributed by atoms with van der Waals surface area (Å²) in [5.41, 5.74) is 4.73. The molecule has 0 bridgehead atoms. The number of rotatable bonds is 6. The summed E-state index contributed by atoms with van der Waals surface area (Å²) in [4.78, 5) is 0. The van der Waals surface area contributed by atoms with E-state index in [1.54, 1.807) is 11.1 Å². The second-order valence-electron chi connectivity index (χ2n) is 5.68. The van der Waals surface area contributed by atoms with Gasteiger partial charge in [-0.1, -0.05) is 38.5 Å². The van der Waals surface area contributed by atoms with Crippen LogP contribution in [0.4, 0.5) is 0 Å². The van der Waals surface area contributed by atoms with Crippen LogP contribution in [0, 0.1) is 5.92 Å². The first-order valence-electron chi connectivity index (χ1n) is 7.58. The van der Waals surface area contributed by atoms with Crippen molar-refractivity contribution in [2.45, 2.75) is 58.9 Å². The van der Waals surface area contributed by atoms with Gasteiger partial charge in [-0.15, -0.1) is 0 Å². The maximum atomic E-state index is 3.57. The summed E-state index contributed by atoms with van der Waals surface area (Å²) in [6.07, 6.45) is 6.41. The van der Waals surface area contributed by atoms with Crippen LogP contribution in [0.15, 0.2) is 18.2 Å². The third-order valence-corrected chi connectivity index (χ3v) is 4.42. The smallest absolute Gasteiger partial charge is 0.00699 e. The maximum absolute atomic E-state index is 3.57. The summed E-state index contributed by atoms with van der Waals surface area (Å²) in [6, 6.07) is 7.80. The van der Waals surface area contributed by atoms with Crippen molar-refractivity contribution >= 4 is 0 Å². The molecular weight excluding hydrogens is 218 g/mol. The highest BCUT2D eigenvalue weighted by molar-refractivity contribution is 5.35. The predicted octanol–water partition coefficient (Wildman–Crippen LogP) is 3.74. The molecule has 1 N–H and O–H groups in total. The SMILES string of the molecule is CCNC(C)C(CC)Cc1ccc2c(c1)CCC2. The van der Waals surface area contributed by atoms with Crippen molar-refractivity contribution in [2.24, 2.45) is 5.92 Å². The lowest BCUT2D eigenvalue weighted by Gasteiger charge is -2.23. The molecule has 1 aliphatic rings. The van der Waals surface area contributed by atoms with E-state index < -0.39 is 0 Å². The molecule has 0 amide bonds. The van der Waals surface area contributed by atoms with Crippen molar-refractivity contribution in [1.82, 2.24) is 5.32 Å². The molecule has 1 aromatic carbocycles. The standard InChI is InChI=1S/C17H27N/c1-4-15(13(3)18-5-2)11-14-9-10-16-7-6-8-17(16)12-14/h9-10,12-13,15,18H,4-8,11H2,1-3H3. The van der Waals surface area contributed by atoms with Gasteiger partial charge >= 0.3 is 0 Å². The molecule has 1 heteroatoms. The highest BCUT2D eigenvalue weighted by Gasteiger charge is 2.16. The highest BCUT2D eigenvalue weighted by Crippen LogP contribution is 2.25. The van der Waals surface area contributed by atoms with Gasteiger partial charge in [-0.25, -0.2) is 0 Å². The number of fused-ring (bicyclic) bond motifs is 1. The van der Waals surface area contributed by atoms with Crippen molar-refractivity contribution in [3.8, 4) is 0 Å². The quantitative estimate of drug-likeness (QED) is 0.805. The van der Waals surface area contributed by atoms with Gasteiger partial charge in [0.25, 0.3) is 0 Å². The Morgan fingerprint density at radius 3 is 2.67 bits per heavy atom. The van der Waals surface area contributed by atoms with E-state index in [-0.39, 0.29) is 0 Å². The van der Waals surface area contributed by atoms with Crippen LogP contribution in [-0.4, -0.2) is 12.6 Å². The molecule has 2 rings (SSSR count). The van der Waals surface area contributed by atoms with Crippen molar-refractivity contribution in [2.75, 3.05) is 6.54 Å². The zero-order valence-corrected chi connectivity index (χ0v) is 12.1. The molecule has 1 aliphatic carbocycles. The average Bonchev–Trinajstić information content (AvgIpc) is 2.83. The average molecular weight is 245 g/mol. The van der Waals surface area contributed by atoms with E-state index in [2.05, 4.69) is 44.3 Å². The Bertz CT molecular complexity index is 383. The first-order valence-corrected chi connectivity index (χ1v) is 7.58. The normalized spacial score (nSPS) is 17.5. The van der Waals surface area contributed by atoms with E-state index in [0.717, 1.165) is 12.5 Å². The van der Waals surface area contributed by atoms with E-state index in [0.29, 0.717) is 6.04 Å². The van der Waals surface area contributed by atoms with Gasteiger partial charge in [0.05, 0.1) is 0 Å². The van der Waals surface area contributed by atoms with Crippen LogP contribution in [0.1, 0.15) is 50.3 Å². The van der Waals surface area contributed by atoms with Crippen LogP contribution in [0.2, 0.25) is 0 Å². The monoisotopic (exact) mass is 245 g/mol. The van der Waals surface area contributed by atoms with Crippen LogP contribution >= 0.6 is 0 Å². The molecule has 0 fully saturated rings. The number of benzene rings is 1. The number of hydrogen-bond acceptors (Lipinski definition) is 1. The van der Waals surface area contributed by atoms with E-state index in [4.69, 9.17) is 0 Å². The van der Waals surface area contributed by atoms with E-state index in [9.17, 15) is 0 Å². The number of nitrogens with one attached hydrogen (secondary N) is 1. The van der Waals surface area contributed by atoms with E-state index in [1.807, 2.05) is 0 Å². The lowest BCUT2D eigenvalue weighted by Crippen LogP contribution is -2.34. The highest BCUT2D eigenvalue weighted by atomic mass is 14.9. The number of aryl methyl sites for hydroxylation is 2. The van der Waals surface area contributed by atoms with Gasteiger partial charge in [0, 0.05) is 6.04 Å². The summed E-state index contributed by atoms with van der Waals surface area (Å²) < 4.78 is 0. The third kappa shape index (κ3) is 3.14. The van der Waals surface area contributed by atoms with Crippen molar-refractivity contribution in [3.63, 3.8) is 0 Å². The number of hydrogen-bond donors (Lipinski definition) is 1. The van der Waals surface area contributed by atoms with Gasteiger partial charge in [-0.05, 0) is 61.8 Å². The van der Waals surface area contributed by atoms with Crippen molar-refractivity contribution in [1.29, 1.82) is 0 Å². The predicted molar refractivity (Wildman–Crippen MR) is 79.1 cm³/mol. The van der Waals surface area contributed by atoms with E-state index >= 15 is 0 Å². The Hall–Kier alpha value is -0.820. The summed E-state index contributed by atoms with van der Waals surface area (Å²) in [6.45, 7) is 7.90. The fourth-order valence-electron chi connectivity index (χ4n) is 3.22. The first-order chi connectivity index (χ1) is 8.74. The zero-order chi connectivity index (χ0) is 13.0. The molecule has 0 heterocycles. The summed E-state index contributed by atoms with van der Waals surface area (Å²) in [7, 11) is 0. The molecule has 2 unspecified atom stereocenters. The Labute approximate surface area is 112 Å². The minimum absolute atomic E-state index is 0.619. The van der Waals surface area contributed by atoms with E-state index in [1.165, 1.54) is 37.7 Å². The van der Waals surface area contributed by atoms with Crippen LogP contribution in [0.5, 0.6) is 0 Å². The molecule has 2 atom stereocenters.